The average molecular weight is 513 g/mol. The zero-order chi connectivity index (χ0) is 26.9. The molecule has 2 nitrogen and oxygen atoms in total. The van der Waals surface area contributed by atoms with Crippen LogP contribution >= 0.6 is 0 Å². The molecule has 0 saturated heterocycles. The van der Waals surface area contributed by atoms with Crippen molar-refractivity contribution in [2.24, 2.45) is 0 Å². The van der Waals surface area contributed by atoms with E-state index in [0.717, 1.165) is 55.2 Å². The number of allylic oxidation sites excluding steroid dienone is 1. The predicted octanol–water partition coefficient (Wildman–Crippen LogP) is 9.46. The first kappa shape index (κ1) is 29.9. The highest BCUT2D eigenvalue weighted by atomic mass is 16.3. The van der Waals surface area contributed by atoms with Crippen molar-refractivity contribution in [2.75, 3.05) is 0 Å². The summed E-state index contributed by atoms with van der Waals surface area (Å²) in [7, 11) is 0. The van der Waals surface area contributed by atoms with Crippen LogP contribution in [-0.2, 0) is 11.2 Å². The molecule has 38 heavy (non-hydrogen) atoms. The fourth-order valence-electron chi connectivity index (χ4n) is 5.41. The molecule has 3 aromatic carbocycles. The number of aliphatic hydroxyl groups is 2. The van der Waals surface area contributed by atoms with Crippen molar-refractivity contribution in [1.82, 2.24) is 0 Å². The molecular weight excluding hydrogens is 464 g/mol. The van der Waals surface area contributed by atoms with E-state index in [-0.39, 0.29) is 0 Å². The fraction of sp³-hybridized carbons (Fsp3) is 0.444. The van der Waals surface area contributed by atoms with Crippen LogP contribution in [-0.4, -0.2) is 10.2 Å². The van der Waals surface area contributed by atoms with E-state index >= 15 is 0 Å². The molecule has 0 saturated carbocycles. The van der Waals surface area contributed by atoms with E-state index in [0.29, 0.717) is 6.42 Å². The summed E-state index contributed by atoms with van der Waals surface area (Å²) in [6, 6.07) is 30.3. The van der Waals surface area contributed by atoms with E-state index in [1.165, 1.54) is 38.5 Å². The molecule has 2 heteroatoms. The molecular formula is C36H48O2. The smallest absolute Gasteiger partial charge is 0.115 e. The second-order valence-corrected chi connectivity index (χ2v) is 10.8. The van der Waals surface area contributed by atoms with Crippen LogP contribution < -0.4 is 0 Å². The molecule has 0 amide bonds. The van der Waals surface area contributed by atoms with Crippen LogP contribution in [0.1, 0.15) is 107 Å². The summed E-state index contributed by atoms with van der Waals surface area (Å²) in [5.41, 5.74) is 1.28. The number of unbranched alkanes of at least 4 members (excludes halogenated alkanes) is 8. The lowest BCUT2D eigenvalue weighted by atomic mass is 9.82. The summed E-state index contributed by atoms with van der Waals surface area (Å²) >= 11 is 0. The maximum Gasteiger partial charge on any atom is 0.115 e. The molecule has 3 rings (SSSR count). The Morgan fingerprint density at radius 2 is 1.00 bits per heavy atom. The maximum atomic E-state index is 11.7. The summed E-state index contributed by atoms with van der Waals surface area (Å²) in [5, 5.41) is 23.1. The zero-order valence-electron chi connectivity index (χ0n) is 23.4. The Morgan fingerprint density at radius 3 is 1.58 bits per heavy atom. The standard InChI is InChI=1S/C36H48O2/c1-2-3-4-20-29-35(37,32-23-14-11-15-24-32)30-21-9-7-5-6-8-10-22-31-36(38,33-25-16-12-17-26-33)34-27-18-13-19-28-34/h9,11-19,21,23-28,37-38H,2-8,10,20,22,29-31H2,1H3. The minimum Gasteiger partial charge on any atom is -0.385 e. The Balaban J connectivity index is 1.39. The highest BCUT2D eigenvalue weighted by Crippen LogP contribution is 2.35. The van der Waals surface area contributed by atoms with Crippen LogP contribution in [0, 0.1) is 0 Å². The lowest BCUT2D eigenvalue weighted by molar-refractivity contribution is 0.0276. The van der Waals surface area contributed by atoms with E-state index in [2.05, 4.69) is 31.2 Å². The van der Waals surface area contributed by atoms with Gasteiger partial charge < -0.3 is 10.2 Å². The normalized spacial score (nSPS) is 13.6. The minimum absolute atomic E-state index is 0.681. The molecule has 0 fully saturated rings. The molecule has 204 valence electrons. The Morgan fingerprint density at radius 1 is 0.526 bits per heavy atom. The Bertz CT molecular complexity index is 989. The first-order chi connectivity index (χ1) is 18.6. The van der Waals surface area contributed by atoms with Gasteiger partial charge in [0.2, 0.25) is 0 Å². The highest BCUT2D eigenvalue weighted by molar-refractivity contribution is 5.35. The van der Waals surface area contributed by atoms with Gasteiger partial charge in [-0.15, -0.1) is 0 Å². The fourth-order valence-corrected chi connectivity index (χ4v) is 5.41. The Labute approximate surface area is 231 Å². The molecule has 0 spiro atoms. The lowest BCUT2D eigenvalue weighted by Gasteiger charge is -2.29. The van der Waals surface area contributed by atoms with Gasteiger partial charge in [-0.1, -0.05) is 155 Å². The Kier molecular flexibility index (Phi) is 12.8. The third-order valence-corrected chi connectivity index (χ3v) is 7.79. The van der Waals surface area contributed by atoms with Gasteiger partial charge in [0.1, 0.15) is 5.60 Å². The molecule has 0 bridgehead atoms. The molecule has 1 unspecified atom stereocenters. The van der Waals surface area contributed by atoms with E-state index in [1.807, 2.05) is 78.9 Å². The number of hydrogen-bond acceptors (Lipinski definition) is 2. The van der Waals surface area contributed by atoms with Crippen molar-refractivity contribution in [2.45, 2.75) is 102 Å². The van der Waals surface area contributed by atoms with Crippen LogP contribution in [0.2, 0.25) is 0 Å². The van der Waals surface area contributed by atoms with Gasteiger partial charge in [-0.3, -0.25) is 0 Å². The van der Waals surface area contributed by atoms with Crippen molar-refractivity contribution in [1.29, 1.82) is 0 Å². The minimum atomic E-state index is -0.933. The SMILES string of the molecule is CCCCCCC(O)(CC=CCCCCCCCC(O)(c1ccccc1)c1ccccc1)c1ccccc1. The van der Waals surface area contributed by atoms with Crippen LogP contribution in [0.15, 0.2) is 103 Å². The molecule has 0 aliphatic carbocycles. The van der Waals surface area contributed by atoms with Gasteiger partial charge in [0.25, 0.3) is 0 Å². The van der Waals surface area contributed by atoms with E-state index in [4.69, 9.17) is 0 Å². The quantitative estimate of drug-likeness (QED) is 0.132. The van der Waals surface area contributed by atoms with Crippen molar-refractivity contribution in [3.8, 4) is 0 Å². The second-order valence-electron chi connectivity index (χ2n) is 10.8. The van der Waals surface area contributed by atoms with Crippen molar-refractivity contribution in [3.05, 3.63) is 120 Å². The maximum absolute atomic E-state index is 11.7. The monoisotopic (exact) mass is 512 g/mol. The molecule has 0 aliphatic rings. The van der Waals surface area contributed by atoms with Gasteiger partial charge in [-0.2, -0.15) is 0 Å². The predicted molar refractivity (Wildman–Crippen MR) is 161 cm³/mol. The molecule has 1 atom stereocenters. The zero-order valence-corrected chi connectivity index (χ0v) is 23.4. The Hall–Kier alpha value is -2.68. The topological polar surface area (TPSA) is 40.5 Å². The molecule has 0 radical (unpaired) electrons. The highest BCUT2D eigenvalue weighted by Gasteiger charge is 2.30. The average Bonchev–Trinajstić information content (AvgIpc) is 2.97. The molecule has 0 aliphatic heterocycles. The molecule has 0 aromatic heterocycles. The first-order valence-electron chi connectivity index (χ1n) is 14.8. The van der Waals surface area contributed by atoms with Gasteiger partial charge >= 0.3 is 0 Å². The molecule has 0 heterocycles. The van der Waals surface area contributed by atoms with Gasteiger partial charge in [0, 0.05) is 0 Å². The van der Waals surface area contributed by atoms with Crippen LogP contribution in [0.5, 0.6) is 0 Å². The largest absolute Gasteiger partial charge is 0.385 e. The van der Waals surface area contributed by atoms with E-state index in [9.17, 15) is 10.2 Å². The molecule has 3 aromatic rings. The number of hydrogen-bond donors (Lipinski definition) is 2. The first-order valence-corrected chi connectivity index (χ1v) is 14.8. The molecule has 2 N–H and O–H groups in total. The summed E-state index contributed by atoms with van der Waals surface area (Å²) < 4.78 is 0. The van der Waals surface area contributed by atoms with E-state index < -0.39 is 11.2 Å². The number of rotatable bonds is 18. The summed E-state index contributed by atoms with van der Waals surface area (Å²) in [6.45, 7) is 2.22. The third kappa shape index (κ3) is 9.26. The second kappa shape index (κ2) is 16.3. The summed E-state index contributed by atoms with van der Waals surface area (Å²) in [5.74, 6) is 0. The summed E-state index contributed by atoms with van der Waals surface area (Å²) in [6.07, 6.45) is 18.1. The van der Waals surface area contributed by atoms with Gasteiger partial charge in [-0.05, 0) is 55.2 Å². The van der Waals surface area contributed by atoms with Crippen LogP contribution in [0.25, 0.3) is 0 Å². The van der Waals surface area contributed by atoms with E-state index in [1.54, 1.807) is 0 Å². The van der Waals surface area contributed by atoms with Gasteiger partial charge in [-0.25, -0.2) is 0 Å². The van der Waals surface area contributed by atoms with Crippen molar-refractivity contribution < 1.29 is 10.2 Å². The van der Waals surface area contributed by atoms with Crippen LogP contribution in [0.3, 0.4) is 0 Å². The van der Waals surface area contributed by atoms with Gasteiger partial charge in [0.05, 0.1) is 5.60 Å². The van der Waals surface area contributed by atoms with Crippen molar-refractivity contribution >= 4 is 0 Å². The number of benzene rings is 3. The lowest BCUT2D eigenvalue weighted by Crippen LogP contribution is -2.27. The summed E-state index contributed by atoms with van der Waals surface area (Å²) in [4.78, 5) is 0. The van der Waals surface area contributed by atoms with Crippen molar-refractivity contribution in [3.63, 3.8) is 0 Å². The van der Waals surface area contributed by atoms with Crippen LogP contribution in [0.4, 0.5) is 0 Å². The van der Waals surface area contributed by atoms with Gasteiger partial charge in [0.15, 0.2) is 0 Å². The third-order valence-electron chi connectivity index (χ3n) is 7.79.